The molecular formula is C12H15Cl2N3O2. The number of hydrogen-bond acceptors (Lipinski definition) is 4. The molecule has 1 heterocycles. The monoisotopic (exact) mass is 303 g/mol. The van der Waals surface area contributed by atoms with Crippen molar-refractivity contribution in [3.63, 3.8) is 0 Å². The summed E-state index contributed by atoms with van der Waals surface area (Å²) in [5, 5.41) is 15.0. The summed E-state index contributed by atoms with van der Waals surface area (Å²) in [6, 6.07) is 2.89. The minimum absolute atomic E-state index is 0.00731. The first-order valence-corrected chi connectivity index (χ1v) is 6.69. The number of halogens is 2. The van der Waals surface area contributed by atoms with Crippen molar-refractivity contribution in [2.45, 2.75) is 19.4 Å². The number of nitro groups is 1. The average molecular weight is 304 g/mol. The summed E-state index contributed by atoms with van der Waals surface area (Å²) < 4.78 is 0. The molecule has 0 spiro atoms. The van der Waals surface area contributed by atoms with Gasteiger partial charge in [0.2, 0.25) is 0 Å². The third kappa shape index (κ3) is 3.11. The van der Waals surface area contributed by atoms with Gasteiger partial charge in [-0.1, -0.05) is 23.2 Å². The van der Waals surface area contributed by atoms with Gasteiger partial charge < -0.3 is 10.2 Å². The third-order valence-corrected chi connectivity index (χ3v) is 3.85. The number of anilines is 1. The molecule has 0 unspecified atom stereocenters. The number of benzene rings is 1. The summed E-state index contributed by atoms with van der Waals surface area (Å²) in [4.78, 5) is 12.7. The van der Waals surface area contributed by atoms with Crippen LogP contribution < -0.4 is 10.2 Å². The van der Waals surface area contributed by atoms with Gasteiger partial charge in [0.15, 0.2) is 0 Å². The van der Waals surface area contributed by atoms with Gasteiger partial charge in [0.05, 0.1) is 15.0 Å². The highest BCUT2D eigenvalue weighted by Crippen LogP contribution is 2.37. The van der Waals surface area contributed by atoms with Gasteiger partial charge in [-0.15, -0.1) is 0 Å². The van der Waals surface area contributed by atoms with E-state index in [2.05, 4.69) is 19.2 Å². The molecule has 0 radical (unpaired) electrons. The Morgan fingerprint density at radius 1 is 1.37 bits per heavy atom. The van der Waals surface area contributed by atoms with E-state index < -0.39 is 4.92 Å². The third-order valence-electron chi connectivity index (χ3n) is 3.13. The van der Waals surface area contributed by atoms with Gasteiger partial charge in [-0.25, -0.2) is 0 Å². The Hall–Kier alpha value is -1.04. The smallest absolute Gasteiger partial charge is 0.294 e. The van der Waals surface area contributed by atoms with E-state index in [1.54, 1.807) is 6.07 Å². The summed E-state index contributed by atoms with van der Waals surface area (Å²) in [5.41, 5.74) is 0.416. The first kappa shape index (κ1) is 14.4. The van der Waals surface area contributed by atoms with E-state index in [-0.39, 0.29) is 16.2 Å². The molecule has 1 aliphatic heterocycles. The van der Waals surface area contributed by atoms with Crippen molar-refractivity contribution in [2.75, 3.05) is 24.5 Å². The van der Waals surface area contributed by atoms with Crippen molar-refractivity contribution in [1.29, 1.82) is 0 Å². The van der Waals surface area contributed by atoms with Crippen LogP contribution in [0.5, 0.6) is 0 Å². The zero-order valence-corrected chi connectivity index (χ0v) is 12.3. The molecule has 19 heavy (non-hydrogen) atoms. The van der Waals surface area contributed by atoms with E-state index in [1.807, 2.05) is 4.90 Å². The maximum atomic E-state index is 11.2. The molecule has 2 rings (SSSR count). The van der Waals surface area contributed by atoms with E-state index in [0.29, 0.717) is 23.8 Å². The summed E-state index contributed by atoms with van der Waals surface area (Å²) in [7, 11) is 0. The van der Waals surface area contributed by atoms with E-state index in [0.717, 1.165) is 6.54 Å². The largest absolute Gasteiger partial charge is 0.363 e. The normalized spacial score (nSPS) is 18.4. The van der Waals surface area contributed by atoms with Crippen LogP contribution in [-0.2, 0) is 0 Å². The number of nitrogens with one attached hydrogen (secondary N) is 1. The van der Waals surface area contributed by atoms with Gasteiger partial charge >= 0.3 is 0 Å². The Kier molecular flexibility index (Phi) is 3.90. The van der Waals surface area contributed by atoms with Gasteiger partial charge in [-0.3, -0.25) is 10.1 Å². The Balaban J connectivity index is 2.43. The molecule has 7 heteroatoms. The van der Waals surface area contributed by atoms with Crippen molar-refractivity contribution >= 4 is 34.6 Å². The number of rotatable bonds is 2. The molecule has 1 aliphatic rings. The van der Waals surface area contributed by atoms with Crippen LogP contribution in [0.15, 0.2) is 12.1 Å². The highest BCUT2D eigenvalue weighted by molar-refractivity contribution is 6.42. The SMILES string of the molecule is CC1(C)CN(c2cc(Cl)c(Cl)cc2[N+](=O)[O-])CCN1. The van der Waals surface area contributed by atoms with E-state index in [1.165, 1.54) is 6.07 Å². The highest BCUT2D eigenvalue weighted by Gasteiger charge is 2.30. The lowest BCUT2D eigenvalue weighted by Crippen LogP contribution is -2.57. The zero-order valence-electron chi connectivity index (χ0n) is 10.7. The van der Waals surface area contributed by atoms with Crippen molar-refractivity contribution in [2.24, 2.45) is 0 Å². The first-order valence-electron chi connectivity index (χ1n) is 5.93. The maximum absolute atomic E-state index is 11.2. The van der Waals surface area contributed by atoms with Gasteiger partial charge in [0.1, 0.15) is 5.69 Å². The molecule has 104 valence electrons. The molecule has 0 amide bonds. The molecule has 0 bridgehead atoms. The fraction of sp³-hybridized carbons (Fsp3) is 0.500. The van der Waals surface area contributed by atoms with Crippen LogP contribution >= 0.6 is 23.2 Å². The van der Waals surface area contributed by atoms with Gasteiger partial charge in [-0.2, -0.15) is 0 Å². The van der Waals surface area contributed by atoms with Crippen molar-refractivity contribution in [3.8, 4) is 0 Å². The van der Waals surface area contributed by atoms with Crippen LogP contribution in [0, 0.1) is 10.1 Å². The van der Waals surface area contributed by atoms with Crippen LogP contribution in [0.4, 0.5) is 11.4 Å². The fourth-order valence-corrected chi connectivity index (χ4v) is 2.59. The molecule has 0 aliphatic carbocycles. The van der Waals surface area contributed by atoms with Crippen molar-refractivity contribution in [3.05, 3.63) is 32.3 Å². The number of hydrogen-bond donors (Lipinski definition) is 1. The quantitative estimate of drug-likeness (QED) is 0.674. The second-order valence-corrected chi connectivity index (χ2v) is 6.06. The second kappa shape index (κ2) is 5.15. The molecule has 5 nitrogen and oxygen atoms in total. The Morgan fingerprint density at radius 2 is 2.00 bits per heavy atom. The molecule has 1 N–H and O–H groups in total. The van der Waals surface area contributed by atoms with Crippen molar-refractivity contribution in [1.82, 2.24) is 5.32 Å². The Labute approximate surface area is 121 Å². The highest BCUT2D eigenvalue weighted by atomic mass is 35.5. The number of nitro benzene ring substituents is 1. The molecule has 0 aromatic heterocycles. The Morgan fingerprint density at radius 3 is 2.58 bits per heavy atom. The molecule has 1 aromatic rings. The van der Waals surface area contributed by atoms with Crippen LogP contribution in [0.3, 0.4) is 0 Å². The molecular weight excluding hydrogens is 289 g/mol. The van der Waals surface area contributed by atoms with E-state index in [9.17, 15) is 10.1 Å². The molecule has 0 atom stereocenters. The van der Waals surface area contributed by atoms with Crippen LogP contribution in [0.1, 0.15) is 13.8 Å². The summed E-state index contributed by atoms with van der Waals surface area (Å²) in [5.74, 6) is 0. The molecule has 0 saturated carbocycles. The zero-order chi connectivity index (χ0) is 14.2. The number of piperazine rings is 1. The summed E-state index contributed by atoms with van der Waals surface area (Å²) in [6.07, 6.45) is 0. The van der Waals surface area contributed by atoms with Gasteiger partial charge in [-0.05, 0) is 19.9 Å². The maximum Gasteiger partial charge on any atom is 0.294 e. The lowest BCUT2D eigenvalue weighted by molar-refractivity contribution is -0.384. The number of nitrogens with zero attached hydrogens (tertiary/aromatic N) is 2. The second-order valence-electron chi connectivity index (χ2n) is 5.24. The standard InChI is InChI=1S/C12H15Cl2N3O2/c1-12(2)7-16(4-3-15-12)10-5-8(13)9(14)6-11(10)17(18)19/h5-6,15H,3-4,7H2,1-2H3. The minimum atomic E-state index is -0.424. The summed E-state index contributed by atoms with van der Waals surface area (Å²) in [6.45, 7) is 6.25. The van der Waals surface area contributed by atoms with Crippen molar-refractivity contribution < 1.29 is 4.92 Å². The van der Waals surface area contributed by atoms with Gasteiger partial charge in [0, 0.05) is 31.2 Å². The predicted molar refractivity (Wildman–Crippen MR) is 77.4 cm³/mol. The predicted octanol–water partition coefficient (Wildman–Crippen LogP) is 3.09. The van der Waals surface area contributed by atoms with Gasteiger partial charge in [0.25, 0.3) is 5.69 Å². The first-order chi connectivity index (χ1) is 8.80. The lowest BCUT2D eigenvalue weighted by Gasteiger charge is -2.40. The molecule has 1 aromatic carbocycles. The van der Waals surface area contributed by atoms with Crippen LogP contribution in [0.25, 0.3) is 0 Å². The average Bonchev–Trinajstić information content (AvgIpc) is 2.30. The lowest BCUT2D eigenvalue weighted by atomic mass is 10.0. The summed E-state index contributed by atoms with van der Waals surface area (Å²) >= 11 is 11.8. The molecule has 1 saturated heterocycles. The minimum Gasteiger partial charge on any atom is -0.363 e. The fourth-order valence-electron chi connectivity index (χ4n) is 2.27. The van der Waals surface area contributed by atoms with Crippen LogP contribution in [-0.4, -0.2) is 30.1 Å². The van der Waals surface area contributed by atoms with E-state index in [4.69, 9.17) is 23.2 Å². The Bertz CT molecular complexity index is 520. The topological polar surface area (TPSA) is 58.4 Å². The van der Waals surface area contributed by atoms with E-state index >= 15 is 0 Å². The molecule has 1 fully saturated rings. The van der Waals surface area contributed by atoms with Crippen LogP contribution in [0.2, 0.25) is 10.0 Å².